The van der Waals surface area contributed by atoms with Crippen LogP contribution in [-0.2, 0) is 21.0 Å². The number of methoxy groups -OCH3 is 1. The van der Waals surface area contributed by atoms with E-state index in [1.165, 1.54) is 29.1 Å². The second kappa shape index (κ2) is 12.6. The van der Waals surface area contributed by atoms with Gasteiger partial charge in [0, 0.05) is 19.1 Å². The van der Waals surface area contributed by atoms with E-state index >= 15 is 0 Å². The molecule has 0 spiro atoms. The molecule has 0 aliphatic rings. The summed E-state index contributed by atoms with van der Waals surface area (Å²) >= 11 is 0. The average molecular weight is 436 g/mol. The first-order valence-electron chi connectivity index (χ1n) is 9.41. The van der Waals surface area contributed by atoms with Crippen molar-refractivity contribution in [3.63, 3.8) is 0 Å². The lowest BCUT2D eigenvalue weighted by Gasteiger charge is -2.12. The van der Waals surface area contributed by atoms with Crippen LogP contribution in [0.25, 0.3) is 5.57 Å². The Hall–Kier alpha value is -2.99. The van der Waals surface area contributed by atoms with E-state index in [2.05, 4.69) is 22.0 Å². The Balaban J connectivity index is 1.74. The van der Waals surface area contributed by atoms with Crippen molar-refractivity contribution in [3.05, 3.63) is 54.6 Å². The van der Waals surface area contributed by atoms with Gasteiger partial charge in [-0.15, -0.1) is 15.0 Å². The molecule has 0 radical (unpaired) electrons. The summed E-state index contributed by atoms with van der Waals surface area (Å²) in [6.07, 6.45) is 0.272. The number of esters is 1. The first kappa shape index (κ1) is 24.3. The second-order valence-electron chi connectivity index (χ2n) is 6.49. The number of tetrazole rings is 1. The van der Waals surface area contributed by atoms with Crippen molar-refractivity contribution in [1.82, 2.24) is 20.2 Å². The summed E-state index contributed by atoms with van der Waals surface area (Å²) in [7, 11) is 1.57. The average Bonchev–Trinajstić information content (AvgIpc) is 3.20. The first-order valence-corrected chi connectivity index (χ1v) is 9.41. The Morgan fingerprint density at radius 2 is 2.03 bits per heavy atom. The third kappa shape index (κ3) is 9.13. The van der Waals surface area contributed by atoms with Gasteiger partial charge in [0.15, 0.2) is 6.73 Å². The zero-order chi connectivity index (χ0) is 22.6. The van der Waals surface area contributed by atoms with Crippen LogP contribution in [0.2, 0.25) is 0 Å². The molecule has 2 atom stereocenters. The first-order chi connectivity index (χ1) is 14.9. The number of halogens is 1. The van der Waals surface area contributed by atoms with Gasteiger partial charge in [-0.3, -0.25) is 4.79 Å². The molecule has 2 rings (SSSR count). The molecule has 10 nitrogen and oxygen atoms in total. The zero-order valence-electron chi connectivity index (χ0n) is 17.1. The lowest BCUT2D eigenvalue weighted by molar-refractivity contribution is -0.136. The van der Waals surface area contributed by atoms with E-state index in [0.29, 0.717) is 18.8 Å². The Bertz CT molecular complexity index is 871. The van der Waals surface area contributed by atoms with Crippen LogP contribution in [0.5, 0.6) is 5.75 Å². The number of aliphatic hydroxyl groups excluding tert-OH is 2. The highest BCUT2D eigenvalue weighted by molar-refractivity contribution is 5.72. The number of hydrogen-bond donors (Lipinski definition) is 2. The topological polar surface area (TPSA) is 129 Å². The minimum Gasteiger partial charge on any atom is -0.426 e. The molecule has 2 N–H and O–H groups in total. The molecule has 1 heterocycles. The SMILES string of the molecule is C=C(C=CC(O)CC(O)CC(=O)Oc1ccc(F)cc1)c1nnn(COCCOC)n1. The normalized spacial score (nSPS) is 13.3. The highest BCUT2D eigenvalue weighted by atomic mass is 19.1. The number of benzene rings is 1. The van der Waals surface area contributed by atoms with Crippen LogP contribution in [-0.4, -0.2) is 68.9 Å². The summed E-state index contributed by atoms with van der Waals surface area (Å²) in [5.41, 5.74) is 0.396. The van der Waals surface area contributed by atoms with Crippen molar-refractivity contribution in [2.24, 2.45) is 0 Å². The molecule has 0 aliphatic heterocycles. The number of carbonyl (C=O) groups excluding carboxylic acids is 1. The van der Waals surface area contributed by atoms with Gasteiger partial charge in [-0.05, 0) is 29.5 Å². The van der Waals surface area contributed by atoms with Gasteiger partial charge in [0.25, 0.3) is 0 Å². The van der Waals surface area contributed by atoms with Gasteiger partial charge in [-0.2, -0.15) is 0 Å². The van der Waals surface area contributed by atoms with Gasteiger partial charge in [0.1, 0.15) is 11.6 Å². The Kier molecular flexibility index (Phi) is 9.91. The van der Waals surface area contributed by atoms with Gasteiger partial charge < -0.3 is 24.4 Å². The summed E-state index contributed by atoms with van der Waals surface area (Å²) in [5.74, 6) is -0.736. The maximum absolute atomic E-state index is 12.8. The summed E-state index contributed by atoms with van der Waals surface area (Å²) in [5, 5.41) is 31.8. The molecule has 11 heteroatoms. The highest BCUT2D eigenvalue weighted by Gasteiger charge is 2.16. The number of nitrogens with zero attached hydrogens (tertiary/aromatic N) is 4. The molecule has 0 saturated heterocycles. The molecule has 1 aromatic carbocycles. The smallest absolute Gasteiger partial charge is 0.313 e. The number of allylic oxidation sites excluding steroid dienone is 2. The van der Waals surface area contributed by atoms with Gasteiger partial charge in [-0.1, -0.05) is 18.7 Å². The Morgan fingerprint density at radius 1 is 1.29 bits per heavy atom. The predicted octanol–water partition coefficient (Wildman–Crippen LogP) is 1.11. The summed E-state index contributed by atoms with van der Waals surface area (Å²) in [6.45, 7) is 4.75. The Labute approximate surface area is 178 Å². The maximum Gasteiger partial charge on any atom is 0.313 e. The van der Waals surface area contributed by atoms with Crippen LogP contribution in [0.1, 0.15) is 18.7 Å². The van der Waals surface area contributed by atoms with E-state index < -0.39 is 24.0 Å². The molecule has 0 amide bonds. The Morgan fingerprint density at radius 3 is 2.74 bits per heavy atom. The minimum absolute atomic E-state index is 0.101. The van der Waals surface area contributed by atoms with E-state index in [9.17, 15) is 19.4 Å². The van der Waals surface area contributed by atoms with Crippen molar-refractivity contribution in [3.8, 4) is 5.75 Å². The highest BCUT2D eigenvalue weighted by Crippen LogP contribution is 2.14. The molecule has 0 saturated carbocycles. The number of aliphatic hydroxyl groups is 2. The predicted molar refractivity (Wildman–Crippen MR) is 107 cm³/mol. The third-order valence-corrected chi connectivity index (χ3v) is 3.86. The molecule has 2 aromatic rings. The summed E-state index contributed by atoms with van der Waals surface area (Å²) in [4.78, 5) is 13.1. The molecular weight excluding hydrogens is 411 g/mol. The lowest BCUT2D eigenvalue weighted by atomic mass is 10.1. The monoisotopic (exact) mass is 436 g/mol. The second-order valence-corrected chi connectivity index (χ2v) is 6.49. The quantitative estimate of drug-likeness (QED) is 0.205. The van der Waals surface area contributed by atoms with Gasteiger partial charge in [0.05, 0.1) is 31.8 Å². The number of rotatable bonds is 13. The van der Waals surface area contributed by atoms with E-state index in [1.807, 2.05) is 0 Å². The minimum atomic E-state index is -1.14. The van der Waals surface area contributed by atoms with Crippen LogP contribution in [0.3, 0.4) is 0 Å². The van der Waals surface area contributed by atoms with Crippen LogP contribution >= 0.6 is 0 Å². The molecule has 0 aliphatic carbocycles. The van der Waals surface area contributed by atoms with Crippen LogP contribution in [0.15, 0.2) is 43.0 Å². The molecule has 168 valence electrons. The fourth-order valence-corrected chi connectivity index (χ4v) is 2.33. The standard InChI is InChI=1S/C20H25FN4O6/c1-14(20-22-24-25(23-20)13-30-10-9-29-2)3-6-16(26)11-17(27)12-19(28)31-18-7-4-15(21)5-8-18/h3-8,16-17,26-27H,1,9-13H2,2H3. The van der Waals surface area contributed by atoms with Gasteiger partial charge >= 0.3 is 5.97 Å². The maximum atomic E-state index is 12.8. The van der Waals surface area contributed by atoms with E-state index in [1.54, 1.807) is 7.11 Å². The van der Waals surface area contributed by atoms with Crippen molar-refractivity contribution >= 4 is 11.5 Å². The number of aromatic nitrogens is 4. The number of ether oxygens (including phenoxy) is 3. The van der Waals surface area contributed by atoms with Gasteiger partial charge in [0.2, 0.25) is 5.82 Å². The molecule has 1 aromatic heterocycles. The number of carbonyl (C=O) groups is 1. The van der Waals surface area contributed by atoms with Crippen molar-refractivity contribution in [2.75, 3.05) is 20.3 Å². The molecular formula is C20H25FN4O6. The zero-order valence-corrected chi connectivity index (χ0v) is 17.1. The van der Waals surface area contributed by atoms with Crippen LogP contribution < -0.4 is 4.74 Å². The summed E-state index contributed by atoms with van der Waals surface area (Å²) < 4.78 is 28.0. The fourth-order valence-electron chi connectivity index (χ4n) is 2.33. The van der Waals surface area contributed by atoms with Crippen molar-refractivity contribution in [1.29, 1.82) is 0 Å². The van der Waals surface area contributed by atoms with Crippen molar-refractivity contribution < 1.29 is 33.6 Å². The van der Waals surface area contributed by atoms with E-state index in [4.69, 9.17) is 14.2 Å². The molecule has 0 bridgehead atoms. The largest absolute Gasteiger partial charge is 0.426 e. The van der Waals surface area contributed by atoms with Crippen LogP contribution in [0.4, 0.5) is 4.39 Å². The van der Waals surface area contributed by atoms with E-state index in [-0.39, 0.29) is 31.1 Å². The van der Waals surface area contributed by atoms with Crippen LogP contribution in [0, 0.1) is 5.82 Å². The van der Waals surface area contributed by atoms with Crippen molar-refractivity contribution in [2.45, 2.75) is 31.8 Å². The molecule has 0 fully saturated rings. The van der Waals surface area contributed by atoms with Gasteiger partial charge in [-0.25, -0.2) is 4.39 Å². The summed E-state index contributed by atoms with van der Waals surface area (Å²) in [6, 6.07) is 4.92. The lowest BCUT2D eigenvalue weighted by Crippen LogP contribution is -2.22. The molecule has 31 heavy (non-hydrogen) atoms. The number of hydrogen-bond acceptors (Lipinski definition) is 9. The third-order valence-electron chi connectivity index (χ3n) is 3.86. The molecule has 2 unspecified atom stereocenters. The fraction of sp³-hybridized carbons (Fsp3) is 0.400. The van der Waals surface area contributed by atoms with E-state index in [0.717, 1.165) is 12.1 Å².